The Morgan fingerprint density at radius 1 is 1.13 bits per heavy atom. The molecule has 2 aromatic carbocycles. The normalized spacial score (nSPS) is 15.4. The van der Waals surface area contributed by atoms with Crippen LogP contribution in [0.2, 0.25) is 0 Å². The van der Waals surface area contributed by atoms with Crippen LogP contribution in [0, 0.1) is 0 Å². The Morgan fingerprint density at radius 2 is 1.84 bits per heavy atom. The van der Waals surface area contributed by atoms with Crippen molar-refractivity contribution < 1.29 is 17.9 Å². The summed E-state index contributed by atoms with van der Waals surface area (Å²) in [5.74, 6) is 0.668. The summed E-state index contributed by atoms with van der Waals surface area (Å²) in [6.07, 6.45) is 1.68. The minimum absolute atomic E-state index is 0.134. The molecule has 0 aliphatic carbocycles. The fourth-order valence-corrected chi connectivity index (χ4v) is 4.50. The Bertz CT molecular complexity index is 998. The monoisotopic (exact) mass is 443 g/mol. The predicted octanol–water partition coefficient (Wildman–Crippen LogP) is 2.97. The minimum atomic E-state index is -3.13. The molecule has 31 heavy (non-hydrogen) atoms. The van der Waals surface area contributed by atoms with Crippen molar-refractivity contribution in [1.82, 2.24) is 9.21 Å². The number of rotatable bonds is 9. The van der Waals surface area contributed by atoms with E-state index in [4.69, 9.17) is 4.74 Å². The molecule has 1 aliphatic heterocycles. The first-order valence-electron chi connectivity index (χ1n) is 10.4. The number of amides is 1. The van der Waals surface area contributed by atoms with E-state index in [-0.39, 0.29) is 11.7 Å². The number of hydrogen-bond donors (Lipinski definition) is 1. The standard InChI is InChI=1S/C23H29N3O4S/c1-3-16-30-22-10-8-21(9-11-22)24-23(27)20-7-5-6-19(17-20)18-25-12-14-26(15-13-25)31(28,29)4-2/h3,5-11,17H,1,4,12-16,18H2,2H3,(H,24,27). The summed E-state index contributed by atoms with van der Waals surface area (Å²) in [6, 6.07) is 14.7. The summed E-state index contributed by atoms with van der Waals surface area (Å²) in [5.41, 5.74) is 2.29. The van der Waals surface area contributed by atoms with Crippen LogP contribution in [-0.2, 0) is 16.6 Å². The first-order valence-corrected chi connectivity index (χ1v) is 12.0. The second kappa shape index (κ2) is 10.6. The van der Waals surface area contributed by atoms with Gasteiger partial charge in [-0.05, 0) is 48.9 Å². The highest BCUT2D eigenvalue weighted by Gasteiger charge is 2.25. The number of carbonyl (C=O) groups is 1. The highest BCUT2D eigenvalue weighted by Crippen LogP contribution is 2.18. The van der Waals surface area contributed by atoms with Gasteiger partial charge in [-0.1, -0.05) is 24.8 Å². The molecule has 0 bridgehead atoms. The zero-order valence-electron chi connectivity index (χ0n) is 17.8. The van der Waals surface area contributed by atoms with Gasteiger partial charge in [0.25, 0.3) is 5.91 Å². The van der Waals surface area contributed by atoms with Crippen molar-refractivity contribution in [2.24, 2.45) is 0 Å². The number of nitrogens with one attached hydrogen (secondary N) is 1. The lowest BCUT2D eigenvalue weighted by Gasteiger charge is -2.33. The Balaban J connectivity index is 1.56. The number of sulfonamides is 1. The van der Waals surface area contributed by atoms with Crippen molar-refractivity contribution >= 4 is 21.6 Å². The summed E-state index contributed by atoms with van der Waals surface area (Å²) in [7, 11) is -3.13. The fraction of sp³-hybridized carbons (Fsp3) is 0.348. The maximum Gasteiger partial charge on any atom is 0.255 e. The molecule has 1 amide bonds. The van der Waals surface area contributed by atoms with E-state index in [2.05, 4.69) is 16.8 Å². The molecule has 0 saturated carbocycles. The molecule has 1 fully saturated rings. The quantitative estimate of drug-likeness (QED) is 0.603. The van der Waals surface area contributed by atoms with Crippen LogP contribution >= 0.6 is 0 Å². The van der Waals surface area contributed by atoms with Gasteiger partial charge in [-0.15, -0.1) is 0 Å². The minimum Gasteiger partial charge on any atom is -0.490 e. The number of piperazine rings is 1. The van der Waals surface area contributed by atoms with Crippen LogP contribution in [0.4, 0.5) is 5.69 Å². The third kappa shape index (κ3) is 6.40. The third-order valence-electron chi connectivity index (χ3n) is 5.16. The van der Waals surface area contributed by atoms with E-state index in [9.17, 15) is 13.2 Å². The number of nitrogens with zero attached hydrogens (tertiary/aromatic N) is 2. The van der Waals surface area contributed by atoms with Crippen molar-refractivity contribution in [2.45, 2.75) is 13.5 Å². The molecule has 1 N–H and O–H groups in total. The van der Waals surface area contributed by atoms with Gasteiger partial charge >= 0.3 is 0 Å². The molecule has 1 heterocycles. The summed E-state index contributed by atoms with van der Waals surface area (Å²) < 4.78 is 31.0. The summed E-state index contributed by atoms with van der Waals surface area (Å²) in [5, 5.41) is 2.90. The molecule has 0 aromatic heterocycles. The molecule has 3 rings (SSSR count). The third-order valence-corrected chi connectivity index (χ3v) is 7.05. The average molecular weight is 444 g/mol. The summed E-state index contributed by atoms with van der Waals surface area (Å²) in [4.78, 5) is 14.9. The molecule has 0 spiro atoms. The van der Waals surface area contributed by atoms with E-state index in [1.807, 2.05) is 18.2 Å². The molecular formula is C23H29N3O4S. The number of benzene rings is 2. The van der Waals surface area contributed by atoms with Crippen LogP contribution in [-0.4, -0.2) is 62.1 Å². The van der Waals surface area contributed by atoms with Crippen molar-refractivity contribution in [3.05, 3.63) is 72.3 Å². The van der Waals surface area contributed by atoms with E-state index in [1.54, 1.807) is 47.6 Å². The Kier molecular flexibility index (Phi) is 7.84. The van der Waals surface area contributed by atoms with Crippen molar-refractivity contribution in [3.8, 4) is 5.75 Å². The maximum atomic E-state index is 12.7. The second-order valence-corrected chi connectivity index (χ2v) is 9.61. The fourth-order valence-electron chi connectivity index (χ4n) is 3.41. The Hall–Kier alpha value is -2.68. The lowest BCUT2D eigenvalue weighted by molar-refractivity contribution is 0.102. The van der Waals surface area contributed by atoms with Crippen LogP contribution < -0.4 is 10.1 Å². The van der Waals surface area contributed by atoms with Gasteiger partial charge in [-0.3, -0.25) is 9.69 Å². The molecule has 1 aliphatic rings. The van der Waals surface area contributed by atoms with Gasteiger partial charge in [-0.25, -0.2) is 8.42 Å². The SMILES string of the molecule is C=CCOc1ccc(NC(=O)c2cccc(CN3CCN(S(=O)(=O)CC)CC3)c2)cc1. The highest BCUT2D eigenvalue weighted by atomic mass is 32.2. The molecule has 8 heteroatoms. The van der Waals surface area contributed by atoms with Gasteiger partial charge < -0.3 is 10.1 Å². The van der Waals surface area contributed by atoms with Crippen LogP contribution in [0.1, 0.15) is 22.8 Å². The Labute approximate surface area is 184 Å². The first-order chi connectivity index (χ1) is 14.9. The van der Waals surface area contributed by atoms with Gasteiger partial charge in [-0.2, -0.15) is 4.31 Å². The topological polar surface area (TPSA) is 79.0 Å². The predicted molar refractivity (Wildman–Crippen MR) is 123 cm³/mol. The van der Waals surface area contributed by atoms with E-state index in [0.29, 0.717) is 56.3 Å². The average Bonchev–Trinajstić information content (AvgIpc) is 2.79. The molecule has 0 radical (unpaired) electrons. The molecule has 0 atom stereocenters. The van der Waals surface area contributed by atoms with Gasteiger partial charge in [0.1, 0.15) is 12.4 Å². The van der Waals surface area contributed by atoms with E-state index in [1.165, 1.54) is 0 Å². The molecule has 2 aromatic rings. The van der Waals surface area contributed by atoms with Crippen molar-refractivity contribution in [1.29, 1.82) is 0 Å². The number of carbonyl (C=O) groups excluding carboxylic acids is 1. The van der Waals surface area contributed by atoms with Crippen molar-refractivity contribution in [2.75, 3.05) is 43.9 Å². The lowest BCUT2D eigenvalue weighted by Crippen LogP contribution is -2.48. The van der Waals surface area contributed by atoms with Crippen molar-refractivity contribution in [3.63, 3.8) is 0 Å². The zero-order chi connectivity index (χ0) is 22.3. The van der Waals surface area contributed by atoms with Gasteiger partial charge in [0.05, 0.1) is 5.75 Å². The second-order valence-electron chi connectivity index (χ2n) is 7.35. The molecule has 166 valence electrons. The van der Waals surface area contributed by atoms with Crippen LogP contribution in [0.25, 0.3) is 0 Å². The van der Waals surface area contributed by atoms with Crippen LogP contribution in [0.5, 0.6) is 5.75 Å². The number of ether oxygens (including phenoxy) is 1. The highest BCUT2D eigenvalue weighted by molar-refractivity contribution is 7.89. The first kappa shape index (κ1) is 23.0. The van der Waals surface area contributed by atoms with Gasteiger partial charge in [0, 0.05) is 44.0 Å². The molecule has 0 unspecified atom stereocenters. The Morgan fingerprint density at radius 3 is 2.48 bits per heavy atom. The molecule has 1 saturated heterocycles. The summed E-state index contributed by atoms with van der Waals surface area (Å²) in [6.45, 7) is 8.75. The summed E-state index contributed by atoms with van der Waals surface area (Å²) >= 11 is 0. The zero-order valence-corrected chi connectivity index (χ0v) is 18.6. The van der Waals surface area contributed by atoms with Gasteiger partial charge in [0.15, 0.2) is 0 Å². The number of anilines is 1. The van der Waals surface area contributed by atoms with Gasteiger partial charge in [0.2, 0.25) is 10.0 Å². The smallest absolute Gasteiger partial charge is 0.255 e. The van der Waals surface area contributed by atoms with E-state index < -0.39 is 10.0 Å². The van der Waals surface area contributed by atoms with Crippen LogP contribution in [0.3, 0.4) is 0 Å². The van der Waals surface area contributed by atoms with E-state index in [0.717, 1.165) is 5.56 Å². The maximum absolute atomic E-state index is 12.7. The number of hydrogen-bond acceptors (Lipinski definition) is 5. The molecular weight excluding hydrogens is 414 g/mol. The molecule has 7 nitrogen and oxygen atoms in total. The van der Waals surface area contributed by atoms with E-state index >= 15 is 0 Å². The lowest BCUT2D eigenvalue weighted by atomic mass is 10.1. The van der Waals surface area contributed by atoms with Crippen LogP contribution in [0.15, 0.2) is 61.2 Å². The largest absolute Gasteiger partial charge is 0.490 e.